The minimum atomic E-state index is 0.140. The first-order valence-corrected chi connectivity index (χ1v) is 6.39. The zero-order chi connectivity index (χ0) is 12.4. The van der Waals surface area contributed by atoms with Crippen LogP contribution in [0.4, 0.5) is 5.69 Å². The van der Waals surface area contributed by atoms with Crippen LogP contribution in [0.2, 0.25) is 5.02 Å². The Bertz CT molecular complexity index is 439. The van der Waals surface area contributed by atoms with E-state index in [0.29, 0.717) is 15.6 Å². The fraction of sp³-hybridized carbons (Fsp3) is 0.417. The average molecular weight is 271 g/mol. The van der Waals surface area contributed by atoms with Crippen LogP contribution >= 0.6 is 23.8 Å². The number of thiocarbonyl (C=S) groups is 1. The van der Waals surface area contributed by atoms with E-state index in [-0.39, 0.29) is 12.6 Å². The van der Waals surface area contributed by atoms with E-state index in [1.165, 1.54) is 0 Å². The predicted molar refractivity (Wildman–Crippen MR) is 74.8 cm³/mol. The molecule has 0 amide bonds. The van der Waals surface area contributed by atoms with Crippen LogP contribution < -0.4 is 10.6 Å². The number of hydrogen-bond donors (Lipinski definition) is 2. The molecule has 1 heterocycles. The molecule has 1 atom stereocenters. The molecular weight excluding hydrogens is 256 g/mol. The summed E-state index contributed by atoms with van der Waals surface area (Å²) in [5, 5.41) is 9.93. The summed E-state index contributed by atoms with van der Waals surface area (Å²) < 4.78 is 0. The van der Waals surface area contributed by atoms with Gasteiger partial charge >= 0.3 is 0 Å². The third kappa shape index (κ3) is 2.39. The molecule has 1 aliphatic rings. The Morgan fingerprint density at radius 3 is 3.00 bits per heavy atom. The smallest absolute Gasteiger partial charge is 0.107 e. The Hall–Kier alpha value is -0.840. The molecule has 0 aliphatic carbocycles. The summed E-state index contributed by atoms with van der Waals surface area (Å²) in [6.07, 6.45) is 2.05. The fourth-order valence-corrected chi connectivity index (χ4v) is 2.88. The number of hydrogen-bond acceptors (Lipinski definition) is 3. The van der Waals surface area contributed by atoms with Gasteiger partial charge in [-0.3, -0.25) is 0 Å². The molecular formula is C12H15ClN2OS. The first kappa shape index (κ1) is 12.6. The monoisotopic (exact) mass is 270 g/mol. The SMILES string of the molecule is NC(=S)c1c(Cl)cccc1N1CCCC1CO. The molecule has 2 rings (SSSR count). The van der Waals surface area contributed by atoms with Gasteiger partial charge in [0.05, 0.1) is 23.2 Å². The maximum Gasteiger partial charge on any atom is 0.107 e. The summed E-state index contributed by atoms with van der Waals surface area (Å²) in [6, 6.07) is 5.76. The third-order valence-electron chi connectivity index (χ3n) is 3.14. The highest BCUT2D eigenvalue weighted by Crippen LogP contribution is 2.32. The van der Waals surface area contributed by atoms with Gasteiger partial charge in [0.15, 0.2) is 0 Å². The van der Waals surface area contributed by atoms with E-state index in [4.69, 9.17) is 29.6 Å². The summed E-state index contributed by atoms with van der Waals surface area (Å²) in [7, 11) is 0. The van der Waals surface area contributed by atoms with Crippen LogP contribution in [0.15, 0.2) is 18.2 Å². The Morgan fingerprint density at radius 1 is 1.59 bits per heavy atom. The minimum Gasteiger partial charge on any atom is -0.394 e. The Labute approximate surface area is 111 Å². The van der Waals surface area contributed by atoms with Crippen molar-refractivity contribution in [3.05, 3.63) is 28.8 Å². The molecule has 1 aromatic rings. The predicted octanol–water partition coefficient (Wildman–Crippen LogP) is 1.94. The lowest BCUT2D eigenvalue weighted by Gasteiger charge is -2.27. The number of nitrogens with two attached hydrogens (primary N) is 1. The molecule has 0 bridgehead atoms. The zero-order valence-electron chi connectivity index (χ0n) is 9.40. The van der Waals surface area contributed by atoms with Crippen LogP contribution in [0, 0.1) is 0 Å². The second kappa shape index (κ2) is 5.21. The molecule has 0 aromatic heterocycles. The number of anilines is 1. The van der Waals surface area contributed by atoms with Crippen LogP contribution in [0.25, 0.3) is 0 Å². The highest BCUT2D eigenvalue weighted by Gasteiger charge is 2.26. The fourth-order valence-electron chi connectivity index (χ4n) is 2.34. The quantitative estimate of drug-likeness (QED) is 0.824. The van der Waals surface area contributed by atoms with E-state index in [1.807, 2.05) is 12.1 Å². The van der Waals surface area contributed by atoms with E-state index >= 15 is 0 Å². The van der Waals surface area contributed by atoms with Crippen LogP contribution in [0.3, 0.4) is 0 Å². The van der Waals surface area contributed by atoms with Crippen molar-refractivity contribution in [3.8, 4) is 0 Å². The number of benzene rings is 1. The Kier molecular flexibility index (Phi) is 3.86. The largest absolute Gasteiger partial charge is 0.394 e. The second-order valence-corrected chi connectivity index (χ2v) is 5.02. The van der Waals surface area contributed by atoms with E-state index in [1.54, 1.807) is 6.07 Å². The highest BCUT2D eigenvalue weighted by atomic mass is 35.5. The van der Waals surface area contributed by atoms with E-state index < -0.39 is 0 Å². The van der Waals surface area contributed by atoms with Crippen molar-refractivity contribution in [3.63, 3.8) is 0 Å². The molecule has 1 saturated heterocycles. The van der Waals surface area contributed by atoms with Gasteiger partial charge in [-0.1, -0.05) is 29.9 Å². The standard InChI is InChI=1S/C12H15ClN2OS/c13-9-4-1-5-10(11(9)12(14)17)15-6-2-3-8(15)7-16/h1,4-5,8,16H,2-3,6-7H2,(H2,14,17). The molecule has 1 aliphatic heterocycles. The first-order valence-electron chi connectivity index (χ1n) is 5.61. The van der Waals surface area contributed by atoms with Crippen molar-refractivity contribution in [2.45, 2.75) is 18.9 Å². The first-order chi connectivity index (χ1) is 8.15. The lowest BCUT2D eigenvalue weighted by Crippen LogP contribution is -2.33. The number of aliphatic hydroxyl groups is 1. The van der Waals surface area contributed by atoms with Gasteiger partial charge in [0.25, 0.3) is 0 Å². The van der Waals surface area contributed by atoms with Gasteiger partial charge in [0.1, 0.15) is 4.99 Å². The molecule has 92 valence electrons. The Morgan fingerprint density at radius 2 is 2.35 bits per heavy atom. The van der Waals surface area contributed by atoms with Gasteiger partial charge in [0.2, 0.25) is 0 Å². The number of aliphatic hydroxyl groups excluding tert-OH is 1. The number of rotatable bonds is 3. The van der Waals surface area contributed by atoms with Gasteiger partial charge in [-0.25, -0.2) is 0 Å². The Balaban J connectivity index is 2.44. The van der Waals surface area contributed by atoms with E-state index in [2.05, 4.69) is 4.90 Å². The van der Waals surface area contributed by atoms with Gasteiger partial charge in [0, 0.05) is 12.2 Å². The van der Waals surface area contributed by atoms with Crippen molar-refractivity contribution < 1.29 is 5.11 Å². The van der Waals surface area contributed by atoms with Crippen LogP contribution in [-0.2, 0) is 0 Å². The molecule has 5 heteroatoms. The summed E-state index contributed by atoms with van der Waals surface area (Å²) in [6.45, 7) is 1.05. The lowest BCUT2D eigenvalue weighted by molar-refractivity contribution is 0.266. The number of nitrogens with zero attached hydrogens (tertiary/aromatic N) is 1. The molecule has 0 spiro atoms. The zero-order valence-corrected chi connectivity index (χ0v) is 11.0. The van der Waals surface area contributed by atoms with Gasteiger partial charge in [-0.15, -0.1) is 0 Å². The van der Waals surface area contributed by atoms with Crippen LogP contribution in [0.1, 0.15) is 18.4 Å². The van der Waals surface area contributed by atoms with E-state index in [0.717, 1.165) is 25.1 Å². The summed E-state index contributed by atoms with van der Waals surface area (Å²) >= 11 is 11.2. The lowest BCUT2D eigenvalue weighted by atomic mass is 10.1. The highest BCUT2D eigenvalue weighted by molar-refractivity contribution is 7.80. The molecule has 0 saturated carbocycles. The van der Waals surface area contributed by atoms with Gasteiger partial charge in [-0.05, 0) is 25.0 Å². The van der Waals surface area contributed by atoms with Crippen LogP contribution in [0.5, 0.6) is 0 Å². The van der Waals surface area contributed by atoms with Crippen LogP contribution in [-0.4, -0.2) is 29.3 Å². The third-order valence-corrected chi connectivity index (χ3v) is 3.65. The molecule has 17 heavy (non-hydrogen) atoms. The molecule has 3 nitrogen and oxygen atoms in total. The molecule has 0 radical (unpaired) electrons. The van der Waals surface area contributed by atoms with Crippen molar-refractivity contribution in [2.75, 3.05) is 18.1 Å². The van der Waals surface area contributed by atoms with Crippen molar-refractivity contribution in [1.29, 1.82) is 0 Å². The van der Waals surface area contributed by atoms with Gasteiger partial charge < -0.3 is 15.7 Å². The number of halogens is 1. The maximum absolute atomic E-state index is 9.36. The maximum atomic E-state index is 9.36. The minimum absolute atomic E-state index is 0.140. The summed E-state index contributed by atoms with van der Waals surface area (Å²) in [5.41, 5.74) is 7.37. The summed E-state index contributed by atoms with van der Waals surface area (Å²) in [4.78, 5) is 2.44. The topological polar surface area (TPSA) is 49.5 Å². The molecule has 3 N–H and O–H groups in total. The van der Waals surface area contributed by atoms with Crippen molar-refractivity contribution >= 4 is 34.5 Å². The normalized spacial score (nSPS) is 19.6. The van der Waals surface area contributed by atoms with E-state index in [9.17, 15) is 5.11 Å². The van der Waals surface area contributed by atoms with Crippen molar-refractivity contribution in [2.24, 2.45) is 5.73 Å². The van der Waals surface area contributed by atoms with Crippen molar-refractivity contribution in [1.82, 2.24) is 0 Å². The average Bonchev–Trinajstić information content (AvgIpc) is 2.75. The summed E-state index contributed by atoms with van der Waals surface area (Å²) in [5.74, 6) is 0. The molecule has 1 fully saturated rings. The van der Waals surface area contributed by atoms with Gasteiger partial charge in [-0.2, -0.15) is 0 Å². The second-order valence-electron chi connectivity index (χ2n) is 4.17. The molecule has 1 unspecified atom stereocenters. The molecule has 1 aromatic carbocycles.